The fourth-order valence-electron chi connectivity index (χ4n) is 4.00. The van der Waals surface area contributed by atoms with Crippen LogP contribution in [0.2, 0.25) is 0 Å². The molecule has 3 N–H and O–H groups in total. The number of rotatable bonds is 5. The second kappa shape index (κ2) is 7.85. The largest absolute Gasteiger partial charge is 0.393 e. The number of hydrogen-bond donors (Lipinski definition) is 3. The maximum Gasteiger partial charge on any atom is 0.256 e. The Kier molecular flexibility index (Phi) is 5.77. The lowest BCUT2D eigenvalue weighted by Crippen LogP contribution is -2.58. The van der Waals surface area contributed by atoms with Gasteiger partial charge in [0, 0.05) is 25.7 Å². The molecule has 1 aliphatic heterocycles. The minimum atomic E-state index is -1.31. The summed E-state index contributed by atoms with van der Waals surface area (Å²) in [5.41, 5.74) is 0.975. The summed E-state index contributed by atoms with van der Waals surface area (Å²) in [6.45, 7) is 3.60. The van der Waals surface area contributed by atoms with Crippen molar-refractivity contribution in [1.29, 1.82) is 0 Å². The van der Waals surface area contributed by atoms with Gasteiger partial charge in [-0.05, 0) is 51.0 Å². The van der Waals surface area contributed by atoms with Crippen molar-refractivity contribution >= 4 is 5.91 Å². The second-order valence-electron chi connectivity index (χ2n) is 7.74. The number of piperidine rings is 1. The lowest BCUT2D eigenvalue weighted by atomic mass is 9.89. The predicted octanol–water partition coefficient (Wildman–Crippen LogP) is 1.74. The molecule has 138 valence electrons. The highest BCUT2D eigenvalue weighted by Crippen LogP contribution is 2.25. The molecule has 3 rings (SSSR count). The van der Waals surface area contributed by atoms with Gasteiger partial charge in [0.1, 0.15) is 0 Å². The zero-order valence-corrected chi connectivity index (χ0v) is 15.1. The van der Waals surface area contributed by atoms with E-state index in [1.807, 2.05) is 25.1 Å². The maximum atomic E-state index is 12.9. The monoisotopic (exact) mass is 346 g/mol. The van der Waals surface area contributed by atoms with Gasteiger partial charge in [0.15, 0.2) is 5.60 Å². The third-order valence-electron chi connectivity index (χ3n) is 5.54. The Hall–Kier alpha value is -1.43. The average molecular weight is 346 g/mol. The van der Waals surface area contributed by atoms with Crippen molar-refractivity contribution in [3.05, 3.63) is 35.4 Å². The Balaban J connectivity index is 1.58. The number of carbonyl (C=O) groups excluding carboxylic acids is 1. The van der Waals surface area contributed by atoms with Crippen molar-refractivity contribution < 1.29 is 15.0 Å². The van der Waals surface area contributed by atoms with Gasteiger partial charge in [-0.25, -0.2) is 0 Å². The van der Waals surface area contributed by atoms with E-state index in [0.717, 1.165) is 37.7 Å². The number of nitrogens with zero attached hydrogens (tertiary/aromatic N) is 1. The van der Waals surface area contributed by atoms with Gasteiger partial charge >= 0.3 is 0 Å². The molecule has 1 aromatic carbocycles. The molecule has 0 unspecified atom stereocenters. The average Bonchev–Trinajstić information content (AvgIpc) is 2.59. The Morgan fingerprint density at radius 2 is 2.04 bits per heavy atom. The van der Waals surface area contributed by atoms with Gasteiger partial charge in [-0.1, -0.05) is 29.8 Å². The summed E-state index contributed by atoms with van der Waals surface area (Å²) in [7, 11) is 0. The molecule has 0 bridgehead atoms. The molecule has 0 radical (unpaired) electrons. The SMILES string of the molecule is Cc1cccc(CN2CCC[C@](O)(CNC3CCC(O)CC3)C2=O)c1. The summed E-state index contributed by atoms with van der Waals surface area (Å²) in [5, 5.41) is 23.9. The lowest BCUT2D eigenvalue weighted by molar-refractivity contribution is -0.157. The minimum Gasteiger partial charge on any atom is -0.393 e. The number of benzene rings is 1. The standard InChI is InChI=1S/C20H30N2O3/c1-15-4-2-5-16(12-15)13-22-11-3-10-20(25,19(22)24)14-21-17-6-8-18(23)9-7-17/h2,4-5,12,17-18,21,23,25H,3,6-11,13-14H2,1H3/t17?,18?,20-/m0/s1. The zero-order valence-electron chi connectivity index (χ0n) is 15.1. The number of aliphatic hydroxyl groups is 2. The van der Waals surface area contributed by atoms with E-state index in [1.165, 1.54) is 5.56 Å². The van der Waals surface area contributed by atoms with Gasteiger partial charge < -0.3 is 20.4 Å². The van der Waals surface area contributed by atoms with Crippen LogP contribution in [-0.4, -0.2) is 51.9 Å². The summed E-state index contributed by atoms with van der Waals surface area (Å²) >= 11 is 0. The highest BCUT2D eigenvalue weighted by Gasteiger charge is 2.42. The van der Waals surface area contributed by atoms with Crippen LogP contribution in [0.15, 0.2) is 24.3 Å². The van der Waals surface area contributed by atoms with Crippen molar-refractivity contribution in [3.63, 3.8) is 0 Å². The van der Waals surface area contributed by atoms with Crippen LogP contribution in [0.1, 0.15) is 49.7 Å². The number of aliphatic hydroxyl groups excluding tert-OH is 1. The van der Waals surface area contributed by atoms with E-state index in [0.29, 0.717) is 26.1 Å². The van der Waals surface area contributed by atoms with Gasteiger partial charge in [0.25, 0.3) is 5.91 Å². The number of amides is 1. The molecule has 5 heteroatoms. The van der Waals surface area contributed by atoms with Crippen LogP contribution in [0.4, 0.5) is 0 Å². The Morgan fingerprint density at radius 1 is 1.28 bits per heavy atom. The van der Waals surface area contributed by atoms with E-state index in [4.69, 9.17) is 0 Å². The molecule has 1 saturated heterocycles. The zero-order chi connectivity index (χ0) is 17.9. The Morgan fingerprint density at radius 3 is 2.76 bits per heavy atom. The van der Waals surface area contributed by atoms with E-state index >= 15 is 0 Å². The number of nitrogens with one attached hydrogen (secondary N) is 1. The van der Waals surface area contributed by atoms with Crippen molar-refractivity contribution in [1.82, 2.24) is 10.2 Å². The predicted molar refractivity (Wildman–Crippen MR) is 97.0 cm³/mol. The van der Waals surface area contributed by atoms with Crippen LogP contribution in [0.25, 0.3) is 0 Å². The first-order chi connectivity index (χ1) is 12.0. The number of hydrogen-bond acceptors (Lipinski definition) is 4. The Bertz CT molecular complexity index is 598. The lowest BCUT2D eigenvalue weighted by Gasteiger charge is -2.39. The van der Waals surface area contributed by atoms with Gasteiger partial charge in [-0.2, -0.15) is 0 Å². The van der Waals surface area contributed by atoms with Crippen LogP contribution in [0, 0.1) is 6.92 Å². The van der Waals surface area contributed by atoms with E-state index in [2.05, 4.69) is 11.4 Å². The highest BCUT2D eigenvalue weighted by molar-refractivity contribution is 5.86. The molecule has 5 nitrogen and oxygen atoms in total. The third-order valence-corrected chi connectivity index (χ3v) is 5.54. The van der Waals surface area contributed by atoms with E-state index < -0.39 is 5.60 Å². The molecule has 1 aromatic rings. The molecule has 1 atom stereocenters. The molecular formula is C20H30N2O3. The first kappa shape index (κ1) is 18.4. The van der Waals surface area contributed by atoms with Crippen molar-refractivity contribution in [3.8, 4) is 0 Å². The maximum absolute atomic E-state index is 12.9. The topological polar surface area (TPSA) is 72.8 Å². The van der Waals surface area contributed by atoms with Gasteiger partial charge in [-0.3, -0.25) is 4.79 Å². The minimum absolute atomic E-state index is 0.163. The molecule has 1 heterocycles. The fraction of sp³-hybridized carbons (Fsp3) is 0.650. The highest BCUT2D eigenvalue weighted by atomic mass is 16.3. The summed E-state index contributed by atoms with van der Waals surface area (Å²) < 4.78 is 0. The van der Waals surface area contributed by atoms with Crippen LogP contribution >= 0.6 is 0 Å². The Labute approximate surface area is 150 Å². The number of likely N-dealkylation sites (tertiary alicyclic amines) is 1. The van der Waals surface area contributed by atoms with Crippen LogP contribution in [0.5, 0.6) is 0 Å². The van der Waals surface area contributed by atoms with E-state index in [1.54, 1.807) is 4.90 Å². The van der Waals surface area contributed by atoms with Gasteiger partial charge in [0.05, 0.1) is 6.10 Å². The molecule has 1 saturated carbocycles. The van der Waals surface area contributed by atoms with Crippen LogP contribution in [0.3, 0.4) is 0 Å². The van der Waals surface area contributed by atoms with Crippen molar-refractivity contribution in [2.24, 2.45) is 0 Å². The van der Waals surface area contributed by atoms with Crippen molar-refractivity contribution in [2.75, 3.05) is 13.1 Å². The molecule has 25 heavy (non-hydrogen) atoms. The molecule has 0 aromatic heterocycles. The summed E-state index contributed by atoms with van der Waals surface area (Å²) in [6, 6.07) is 8.45. The number of aryl methyl sites for hydroxylation is 1. The summed E-state index contributed by atoms with van der Waals surface area (Å²) in [4.78, 5) is 14.6. The van der Waals surface area contributed by atoms with Crippen LogP contribution < -0.4 is 5.32 Å². The molecular weight excluding hydrogens is 316 g/mol. The summed E-state index contributed by atoms with van der Waals surface area (Å²) in [5.74, 6) is -0.163. The first-order valence-electron chi connectivity index (χ1n) is 9.45. The normalized spacial score (nSPS) is 30.5. The van der Waals surface area contributed by atoms with Gasteiger partial charge in [-0.15, -0.1) is 0 Å². The van der Waals surface area contributed by atoms with Gasteiger partial charge in [0.2, 0.25) is 0 Å². The third kappa shape index (κ3) is 4.60. The van der Waals surface area contributed by atoms with E-state index in [-0.39, 0.29) is 18.1 Å². The molecule has 1 amide bonds. The number of carbonyl (C=O) groups is 1. The first-order valence-corrected chi connectivity index (χ1v) is 9.45. The summed E-state index contributed by atoms with van der Waals surface area (Å²) in [6.07, 6.45) is 4.53. The quantitative estimate of drug-likeness (QED) is 0.759. The smallest absolute Gasteiger partial charge is 0.256 e. The molecule has 0 spiro atoms. The molecule has 1 aliphatic carbocycles. The van der Waals surface area contributed by atoms with E-state index in [9.17, 15) is 15.0 Å². The van der Waals surface area contributed by atoms with Crippen molar-refractivity contribution in [2.45, 2.75) is 69.7 Å². The van der Waals surface area contributed by atoms with Crippen LogP contribution in [-0.2, 0) is 11.3 Å². The fourth-order valence-corrected chi connectivity index (χ4v) is 4.00. The second-order valence-corrected chi connectivity index (χ2v) is 7.74. The molecule has 2 fully saturated rings. The molecule has 2 aliphatic rings.